The monoisotopic (exact) mass is 494 g/mol. The molecule has 1 fully saturated rings. The number of ether oxygens (including phenoxy) is 2. The van der Waals surface area contributed by atoms with E-state index in [0.29, 0.717) is 11.0 Å². The van der Waals surface area contributed by atoms with E-state index in [9.17, 15) is 23.7 Å². The molecule has 0 saturated heterocycles. The van der Waals surface area contributed by atoms with E-state index in [1.807, 2.05) is 0 Å². The number of aromatic nitrogens is 2. The molecule has 184 valence electrons. The van der Waals surface area contributed by atoms with Gasteiger partial charge < -0.3 is 18.5 Å². The standard InChI is InChI=1S/C22H27N2O9P/c1-14-11-23(22(28)24(18(14)25)19(26)15-8-6-5-7-9-15)12-16-10-17(16)13-33-21(20(27)30-2)34(29,31-3)32-4/h5-9,11,16-17,21H,10,12-13H2,1-4H3/t16-,17+,21?/m1/s1. The van der Waals surface area contributed by atoms with E-state index in [0.717, 1.165) is 21.3 Å². The minimum Gasteiger partial charge on any atom is -0.467 e. The van der Waals surface area contributed by atoms with Crippen molar-refractivity contribution in [2.75, 3.05) is 27.9 Å². The Kier molecular flexibility index (Phi) is 8.04. The molecule has 1 saturated carbocycles. The second kappa shape index (κ2) is 10.6. The number of hydrogen-bond acceptors (Lipinski definition) is 9. The molecule has 1 aromatic carbocycles. The van der Waals surface area contributed by atoms with Gasteiger partial charge in [-0.2, -0.15) is 4.57 Å². The number of benzene rings is 1. The van der Waals surface area contributed by atoms with Gasteiger partial charge in [0.15, 0.2) is 0 Å². The van der Waals surface area contributed by atoms with Crippen LogP contribution in [0.3, 0.4) is 0 Å². The van der Waals surface area contributed by atoms with Gasteiger partial charge in [0.1, 0.15) is 0 Å². The van der Waals surface area contributed by atoms with Crippen molar-refractivity contribution in [3.8, 4) is 0 Å². The van der Waals surface area contributed by atoms with Crippen LogP contribution in [0.25, 0.3) is 0 Å². The molecular formula is C22H27N2O9P. The number of nitrogens with zero attached hydrogens (tertiary/aromatic N) is 2. The van der Waals surface area contributed by atoms with Crippen LogP contribution in [-0.2, 0) is 34.4 Å². The molecule has 0 N–H and O–H groups in total. The smallest absolute Gasteiger partial charge is 0.370 e. The molecule has 1 aliphatic carbocycles. The fourth-order valence-corrected chi connectivity index (χ4v) is 4.78. The zero-order chi connectivity index (χ0) is 25.0. The summed E-state index contributed by atoms with van der Waals surface area (Å²) in [6.07, 6.45) is 2.09. The summed E-state index contributed by atoms with van der Waals surface area (Å²) >= 11 is 0. The molecule has 0 radical (unpaired) electrons. The van der Waals surface area contributed by atoms with Crippen molar-refractivity contribution in [1.82, 2.24) is 9.13 Å². The topological polar surface area (TPSA) is 132 Å². The third kappa shape index (κ3) is 5.28. The highest BCUT2D eigenvalue weighted by molar-refractivity contribution is 7.55. The number of aryl methyl sites for hydroxylation is 1. The summed E-state index contributed by atoms with van der Waals surface area (Å²) in [5.41, 5.74) is -0.913. The van der Waals surface area contributed by atoms with Gasteiger partial charge in [-0.1, -0.05) is 18.2 Å². The van der Waals surface area contributed by atoms with Crippen LogP contribution in [0.1, 0.15) is 22.3 Å². The van der Waals surface area contributed by atoms with Gasteiger partial charge in [0.2, 0.25) is 0 Å². The van der Waals surface area contributed by atoms with Crippen LogP contribution < -0.4 is 11.2 Å². The molecular weight excluding hydrogens is 467 g/mol. The normalized spacial score (nSPS) is 18.4. The van der Waals surface area contributed by atoms with Crippen LogP contribution in [0, 0.1) is 18.8 Å². The van der Waals surface area contributed by atoms with E-state index in [1.165, 1.54) is 29.8 Å². The molecule has 2 aromatic rings. The maximum absolute atomic E-state index is 13.0. The second-order valence-electron chi connectivity index (χ2n) is 7.93. The van der Waals surface area contributed by atoms with Crippen LogP contribution in [0.4, 0.5) is 0 Å². The highest BCUT2D eigenvalue weighted by atomic mass is 31.2. The Morgan fingerprint density at radius 3 is 2.32 bits per heavy atom. The summed E-state index contributed by atoms with van der Waals surface area (Å²) in [7, 11) is -0.454. The number of esters is 1. The second-order valence-corrected chi connectivity index (χ2v) is 10.2. The van der Waals surface area contributed by atoms with Crippen LogP contribution in [0.2, 0.25) is 0 Å². The Morgan fingerprint density at radius 2 is 1.74 bits per heavy atom. The zero-order valence-electron chi connectivity index (χ0n) is 19.3. The maximum atomic E-state index is 13.0. The molecule has 0 spiro atoms. The van der Waals surface area contributed by atoms with Gasteiger partial charge in [-0.05, 0) is 37.3 Å². The molecule has 1 aromatic heterocycles. The van der Waals surface area contributed by atoms with Gasteiger partial charge >= 0.3 is 19.3 Å². The van der Waals surface area contributed by atoms with E-state index in [1.54, 1.807) is 18.2 Å². The lowest BCUT2D eigenvalue weighted by molar-refractivity contribution is -0.150. The third-order valence-corrected chi connectivity index (χ3v) is 7.67. The highest BCUT2D eigenvalue weighted by Crippen LogP contribution is 2.53. The van der Waals surface area contributed by atoms with E-state index >= 15 is 0 Å². The average Bonchev–Trinajstić information content (AvgIpc) is 3.60. The number of carbonyl (C=O) groups is 2. The minimum absolute atomic E-state index is 0.0161. The third-order valence-electron chi connectivity index (χ3n) is 5.72. The Labute approximate surface area is 195 Å². The van der Waals surface area contributed by atoms with Gasteiger partial charge in [-0.25, -0.2) is 9.59 Å². The Bertz CT molecular complexity index is 1210. The summed E-state index contributed by atoms with van der Waals surface area (Å²) in [5, 5.41) is 0. The predicted octanol–water partition coefficient (Wildman–Crippen LogP) is 1.64. The Hall–Kier alpha value is -2.85. The first-order valence-electron chi connectivity index (χ1n) is 10.5. The fourth-order valence-electron chi connectivity index (χ4n) is 3.62. The first-order chi connectivity index (χ1) is 16.2. The van der Waals surface area contributed by atoms with Crippen LogP contribution in [0.15, 0.2) is 46.1 Å². The lowest BCUT2D eigenvalue weighted by Gasteiger charge is -2.22. The molecule has 3 atom stereocenters. The van der Waals surface area contributed by atoms with Crippen molar-refractivity contribution in [1.29, 1.82) is 0 Å². The van der Waals surface area contributed by atoms with Crippen LogP contribution in [0.5, 0.6) is 0 Å². The van der Waals surface area contributed by atoms with Crippen molar-refractivity contribution in [3.63, 3.8) is 0 Å². The summed E-state index contributed by atoms with van der Waals surface area (Å²) in [6, 6.07) is 8.09. The lowest BCUT2D eigenvalue weighted by atomic mass is 10.2. The van der Waals surface area contributed by atoms with Gasteiger partial charge in [0.25, 0.3) is 17.3 Å². The first kappa shape index (κ1) is 25.8. The van der Waals surface area contributed by atoms with Crippen molar-refractivity contribution in [2.45, 2.75) is 25.7 Å². The number of rotatable bonds is 10. The summed E-state index contributed by atoms with van der Waals surface area (Å²) < 4.78 is 34.5. The molecule has 34 heavy (non-hydrogen) atoms. The van der Waals surface area contributed by atoms with Crippen LogP contribution >= 0.6 is 7.60 Å². The molecule has 0 bridgehead atoms. The molecule has 0 aliphatic heterocycles. The van der Waals surface area contributed by atoms with Gasteiger partial charge in [0.05, 0.1) is 13.7 Å². The van der Waals surface area contributed by atoms with Crippen molar-refractivity contribution in [3.05, 3.63) is 68.5 Å². The Balaban J connectivity index is 1.74. The molecule has 12 heteroatoms. The average molecular weight is 494 g/mol. The molecule has 3 rings (SSSR count). The lowest BCUT2D eigenvalue weighted by Crippen LogP contribution is -2.44. The predicted molar refractivity (Wildman–Crippen MR) is 121 cm³/mol. The molecule has 11 nitrogen and oxygen atoms in total. The van der Waals surface area contributed by atoms with E-state index in [2.05, 4.69) is 4.74 Å². The SMILES string of the molecule is COC(=O)C(OC[C@@H]1C[C@@H]1Cn1cc(C)c(=O)n(C(=O)c2ccccc2)c1=O)P(=O)(OC)OC. The molecule has 0 amide bonds. The summed E-state index contributed by atoms with van der Waals surface area (Å²) in [4.78, 5) is 50.4. The summed E-state index contributed by atoms with van der Waals surface area (Å²) in [5.74, 6) is -3.18. The minimum atomic E-state index is -3.87. The van der Waals surface area contributed by atoms with Gasteiger partial charge in [-0.15, -0.1) is 0 Å². The fraction of sp³-hybridized carbons (Fsp3) is 0.455. The molecule has 1 aliphatic rings. The molecule has 1 heterocycles. The molecule has 1 unspecified atom stereocenters. The van der Waals surface area contributed by atoms with Crippen molar-refractivity contribution >= 4 is 19.5 Å². The highest BCUT2D eigenvalue weighted by Gasteiger charge is 2.45. The van der Waals surface area contributed by atoms with Crippen molar-refractivity contribution < 1.29 is 32.7 Å². The van der Waals surface area contributed by atoms with Crippen LogP contribution in [-0.4, -0.2) is 54.8 Å². The maximum Gasteiger partial charge on any atom is 0.370 e. The Morgan fingerprint density at radius 1 is 1.09 bits per heavy atom. The quantitative estimate of drug-likeness (QED) is 0.357. The number of hydrogen-bond donors (Lipinski definition) is 0. The van der Waals surface area contributed by atoms with Gasteiger partial charge in [0, 0.05) is 38.1 Å². The van der Waals surface area contributed by atoms with Crippen molar-refractivity contribution in [2.24, 2.45) is 11.8 Å². The van der Waals surface area contributed by atoms with E-state index < -0.39 is 36.6 Å². The number of methoxy groups -OCH3 is 1. The van der Waals surface area contributed by atoms with E-state index in [4.69, 9.17) is 13.8 Å². The summed E-state index contributed by atoms with van der Waals surface area (Å²) in [6.45, 7) is 1.83. The largest absolute Gasteiger partial charge is 0.467 e. The van der Waals surface area contributed by atoms with E-state index in [-0.39, 0.29) is 36.1 Å². The zero-order valence-corrected chi connectivity index (χ0v) is 20.2. The number of carbonyl (C=O) groups excluding carboxylic acids is 2. The first-order valence-corrected chi connectivity index (χ1v) is 12.1. The van der Waals surface area contributed by atoms with Gasteiger partial charge in [-0.3, -0.25) is 18.7 Å².